The normalized spacial score (nSPS) is 22.3. The number of anilines is 2. The number of aromatic amines is 1. The summed E-state index contributed by atoms with van der Waals surface area (Å²) in [6.45, 7) is 2.32. The Morgan fingerprint density at radius 3 is 2.62 bits per heavy atom. The third-order valence-electron chi connectivity index (χ3n) is 4.72. The average molecular weight is 351 g/mol. The van der Waals surface area contributed by atoms with E-state index in [-0.39, 0.29) is 11.4 Å². The molecule has 2 aromatic rings. The zero-order valence-electron chi connectivity index (χ0n) is 13.9. The van der Waals surface area contributed by atoms with E-state index in [4.69, 9.17) is 4.74 Å². The maximum absolute atomic E-state index is 12.9. The fraction of sp³-hybridized carbons (Fsp3) is 0.333. The third kappa shape index (κ3) is 2.72. The SMILES string of the molecule is N#C[C@@H]1C(=O)Nc2nc(N3CCOCC3)[nH]c(=O)c2[C@H]1c1ccccc1. The molecule has 1 saturated heterocycles. The smallest absolute Gasteiger partial charge is 0.258 e. The lowest BCUT2D eigenvalue weighted by Crippen LogP contribution is -2.41. The molecule has 2 aliphatic rings. The van der Waals surface area contributed by atoms with Crippen LogP contribution in [-0.4, -0.2) is 42.2 Å². The molecule has 1 fully saturated rings. The van der Waals surface area contributed by atoms with Gasteiger partial charge in [0.2, 0.25) is 11.9 Å². The number of benzene rings is 1. The number of morpholine rings is 1. The van der Waals surface area contributed by atoms with E-state index < -0.39 is 17.7 Å². The van der Waals surface area contributed by atoms with Crippen LogP contribution >= 0.6 is 0 Å². The number of ether oxygens (including phenoxy) is 1. The molecule has 8 heteroatoms. The largest absolute Gasteiger partial charge is 0.378 e. The molecule has 0 saturated carbocycles. The number of carbonyl (C=O) groups excluding carboxylic acids is 1. The lowest BCUT2D eigenvalue weighted by Gasteiger charge is -2.31. The fourth-order valence-corrected chi connectivity index (χ4v) is 3.44. The molecular weight excluding hydrogens is 334 g/mol. The van der Waals surface area contributed by atoms with Crippen LogP contribution in [-0.2, 0) is 9.53 Å². The van der Waals surface area contributed by atoms with E-state index in [0.717, 1.165) is 5.56 Å². The summed E-state index contributed by atoms with van der Waals surface area (Å²) in [5.41, 5.74) is 0.714. The van der Waals surface area contributed by atoms with Gasteiger partial charge >= 0.3 is 0 Å². The molecule has 4 rings (SSSR count). The van der Waals surface area contributed by atoms with Gasteiger partial charge in [-0.1, -0.05) is 30.3 Å². The van der Waals surface area contributed by atoms with Crippen molar-refractivity contribution in [2.45, 2.75) is 5.92 Å². The van der Waals surface area contributed by atoms with Crippen molar-refractivity contribution in [2.24, 2.45) is 5.92 Å². The fourth-order valence-electron chi connectivity index (χ4n) is 3.44. The van der Waals surface area contributed by atoms with Gasteiger partial charge in [0.05, 0.1) is 24.8 Å². The zero-order valence-corrected chi connectivity index (χ0v) is 13.9. The van der Waals surface area contributed by atoms with Gasteiger partial charge in [0.15, 0.2) is 0 Å². The monoisotopic (exact) mass is 351 g/mol. The average Bonchev–Trinajstić information content (AvgIpc) is 2.68. The Morgan fingerprint density at radius 1 is 1.19 bits per heavy atom. The first-order valence-corrected chi connectivity index (χ1v) is 8.41. The quantitative estimate of drug-likeness (QED) is 0.829. The number of fused-ring (bicyclic) bond motifs is 1. The Hall–Kier alpha value is -3.18. The summed E-state index contributed by atoms with van der Waals surface area (Å²) in [6, 6.07) is 11.1. The zero-order chi connectivity index (χ0) is 18.1. The first-order valence-electron chi connectivity index (χ1n) is 8.41. The highest BCUT2D eigenvalue weighted by Crippen LogP contribution is 2.37. The van der Waals surface area contributed by atoms with Gasteiger partial charge in [-0.15, -0.1) is 0 Å². The molecule has 0 spiro atoms. The topological polar surface area (TPSA) is 111 Å². The molecule has 3 heterocycles. The Balaban J connectivity index is 1.84. The van der Waals surface area contributed by atoms with E-state index in [0.29, 0.717) is 37.8 Å². The summed E-state index contributed by atoms with van der Waals surface area (Å²) >= 11 is 0. The molecule has 0 radical (unpaired) electrons. The van der Waals surface area contributed by atoms with Gasteiger partial charge < -0.3 is 15.0 Å². The number of hydrogen-bond acceptors (Lipinski definition) is 6. The highest BCUT2D eigenvalue weighted by molar-refractivity contribution is 5.97. The van der Waals surface area contributed by atoms with Crippen molar-refractivity contribution in [1.82, 2.24) is 9.97 Å². The van der Waals surface area contributed by atoms with Crippen LogP contribution in [0.15, 0.2) is 35.1 Å². The van der Waals surface area contributed by atoms with Crippen LogP contribution in [0.2, 0.25) is 0 Å². The van der Waals surface area contributed by atoms with Crippen molar-refractivity contribution >= 4 is 17.7 Å². The molecule has 26 heavy (non-hydrogen) atoms. The van der Waals surface area contributed by atoms with Gasteiger partial charge in [-0.3, -0.25) is 14.6 Å². The molecule has 1 aromatic heterocycles. The molecule has 8 nitrogen and oxygen atoms in total. The summed E-state index contributed by atoms with van der Waals surface area (Å²) in [5.74, 6) is -1.46. The van der Waals surface area contributed by atoms with E-state index in [2.05, 4.69) is 15.3 Å². The van der Waals surface area contributed by atoms with Crippen LogP contribution in [0, 0.1) is 17.2 Å². The van der Waals surface area contributed by atoms with Crippen molar-refractivity contribution in [3.05, 3.63) is 51.8 Å². The number of nitrogens with zero attached hydrogens (tertiary/aromatic N) is 3. The minimum absolute atomic E-state index is 0.223. The summed E-state index contributed by atoms with van der Waals surface area (Å²) < 4.78 is 5.32. The number of nitrogens with one attached hydrogen (secondary N) is 2. The predicted octanol–water partition coefficient (Wildman–Crippen LogP) is 0.830. The second-order valence-electron chi connectivity index (χ2n) is 6.24. The van der Waals surface area contributed by atoms with E-state index in [1.54, 1.807) is 0 Å². The molecule has 0 aliphatic carbocycles. The highest BCUT2D eigenvalue weighted by atomic mass is 16.5. The minimum atomic E-state index is -0.984. The second-order valence-corrected chi connectivity index (χ2v) is 6.24. The lowest BCUT2D eigenvalue weighted by atomic mass is 9.79. The molecule has 0 bridgehead atoms. The number of amides is 1. The summed E-state index contributed by atoms with van der Waals surface area (Å²) in [5, 5.41) is 12.1. The predicted molar refractivity (Wildman–Crippen MR) is 93.9 cm³/mol. The highest BCUT2D eigenvalue weighted by Gasteiger charge is 2.40. The molecule has 2 atom stereocenters. The number of hydrogen-bond donors (Lipinski definition) is 2. The van der Waals surface area contributed by atoms with Crippen LogP contribution in [0.3, 0.4) is 0 Å². The standard InChI is InChI=1S/C18H17N5O3/c19-10-12-13(11-4-2-1-3-5-11)14-15(20-16(12)24)21-18(22-17(14)25)23-6-8-26-9-7-23/h1-5,12-13H,6-9H2,(H2,20,21,22,24,25)/t12-,13-/m0/s1. The van der Waals surface area contributed by atoms with Crippen LogP contribution < -0.4 is 15.8 Å². The summed E-state index contributed by atoms with van der Waals surface area (Å²) in [4.78, 5) is 34.5. The first kappa shape index (κ1) is 16.3. The van der Waals surface area contributed by atoms with Gasteiger partial charge in [-0.05, 0) is 5.56 Å². The molecule has 1 aromatic carbocycles. The van der Waals surface area contributed by atoms with Crippen molar-refractivity contribution in [3.8, 4) is 6.07 Å². The van der Waals surface area contributed by atoms with Gasteiger partial charge in [-0.2, -0.15) is 10.2 Å². The van der Waals surface area contributed by atoms with Crippen molar-refractivity contribution in [1.29, 1.82) is 5.26 Å². The second kappa shape index (κ2) is 6.61. The molecule has 2 N–H and O–H groups in total. The van der Waals surface area contributed by atoms with E-state index in [1.807, 2.05) is 41.3 Å². The number of aromatic nitrogens is 2. The van der Waals surface area contributed by atoms with Crippen molar-refractivity contribution in [3.63, 3.8) is 0 Å². The maximum Gasteiger partial charge on any atom is 0.258 e. The molecule has 2 aliphatic heterocycles. The van der Waals surface area contributed by atoms with E-state index in [1.165, 1.54) is 0 Å². The van der Waals surface area contributed by atoms with Crippen LogP contribution in [0.4, 0.5) is 11.8 Å². The van der Waals surface area contributed by atoms with Crippen molar-refractivity contribution < 1.29 is 9.53 Å². The number of H-pyrrole nitrogens is 1. The first-order chi connectivity index (χ1) is 12.7. The van der Waals surface area contributed by atoms with Crippen LogP contribution in [0.25, 0.3) is 0 Å². The lowest BCUT2D eigenvalue weighted by molar-refractivity contribution is -0.119. The summed E-state index contributed by atoms with van der Waals surface area (Å²) in [6.07, 6.45) is 0. The van der Waals surface area contributed by atoms with Gasteiger partial charge in [0, 0.05) is 19.0 Å². The molecule has 132 valence electrons. The Bertz CT molecular complexity index is 928. The number of rotatable bonds is 2. The minimum Gasteiger partial charge on any atom is -0.378 e. The number of nitriles is 1. The van der Waals surface area contributed by atoms with Crippen molar-refractivity contribution in [2.75, 3.05) is 36.5 Å². The Labute approximate surface area is 149 Å². The molecule has 1 amide bonds. The van der Waals surface area contributed by atoms with E-state index >= 15 is 0 Å². The van der Waals surface area contributed by atoms with Gasteiger partial charge in [0.1, 0.15) is 11.7 Å². The number of carbonyl (C=O) groups is 1. The summed E-state index contributed by atoms with van der Waals surface area (Å²) in [7, 11) is 0. The third-order valence-corrected chi connectivity index (χ3v) is 4.72. The Morgan fingerprint density at radius 2 is 1.92 bits per heavy atom. The van der Waals surface area contributed by atoms with Gasteiger partial charge in [-0.25, -0.2) is 0 Å². The van der Waals surface area contributed by atoms with Crippen LogP contribution in [0.5, 0.6) is 0 Å². The Kier molecular flexibility index (Phi) is 4.14. The van der Waals surface area contributed by atoms with Gasteiger partial charge in [0.25, 0.3) is 5.56 Å². The van der Waals surface area contributed by atoms with E-state index in [9.17, 15) is 14.9 Å². The van der Waals surface area contributed by atoms with Crippen LogP contribution in [0.1, 0.15) is 17.0 Å². The molecule has 0 unspecified atom stereocenters. The molecular formula is C18H17N5O3. The maximum atomic E-state index is 12.9.